The third-order valence-electron chi connectivity index (χ3n) is 6.11. The first-order valence-corrected chi connectivity index (χ1v) is 11.6. The summed E-state index contributed by atoms with van der Waals surface area (Å²) in [6.07, 6.45) is 0. The number of para-hydroxylation sites is 1. The first-order valence-electron chi connectivity index (χ1n) is 11.6. The van der Waals surface area contributed by atoms with Crippen LogP contribution in [0, 0.1) is 19.3 Å². The van der Waals surface area contributed by atoms with Crippen LogP contribution in [0.25, 0.3) is 0 Å². The number of piperazine rings is 1. The topological polar surface area (TPSA) is 48.8 Å². The summed E-state index contributed by atoms with van der Waals surface area (Å²) >= 11 is 0. The zero-order valence-corrected chi connectivity index (χ0v) is 22.0. The van der Waals surface area contributed by atoms with Crippen LogP contribution >= 0.6 is 24.8 Å². The Morgan fingerprint density at radius 1 is 0.800 bits per heavy atom. The van der Waals surface area contributed by atoms with Crippen LogP contribution in [0.3, 0.4) is 0 Å². The molecule has 0 aliphatic carbocycles. The highest BCUT2D eigenvalue weighted by Crippen LogP contribution is 2.22. The number of rotatable bonds is 8. The summed E-state index contributed by atoms with van der Waals surface area (Å²) in [6.45, 7) is 9.85. The van der Waals surface area contributed by atoms with Crippen molar-refractivity contribution < 1.29 is 9.47 Å². The molecule has 0 amide bonds. The van der Waals surface area contributed by atoms with Crippen molar-refractivity contribution in [3.8, 4) is 11.5 Å². The SMILES string of the molecule is Cc1cccc(C)c1OCCN1CCN(C(=N)c2cccc(OCc3ccccc3)c2)CC1.Cl.Cl. The Labute approximate surface area is 221 Å². The largest absolute Gasteiger partial charge is 0.492 e. The van der Waals surface area contributed by atoms with E-state index in [1.54, 1.807) is 0 Å². The van der Waals surface area contributed by atoms with Crippen molar-refractivity contribution in [3.05, 3.63) is 95.1 Å². The van der Waals surface area contributed by atoms with Crippen LogP contribution in [0.4, 0.5) is 0 Å². The van der Waals surface area contributed by atoms with Crippen molar-refractivity contribution in [1.29, 1.82) is 5.41 Å². The van der Waals surface area contributed by atoms with Gasteiger partial charge < -0.3 is 14.4 Å². The zero-order valence-electron chi connectivity index (χ0n) is 20.4. The first kappa shape index (κ1) is 28.5. The number of halogens is 2. The number of ether oxygens (including phenoxy) is 2. The van der Waals surface area contributed by atoms with E-state index in [9.17, 15) is 0 Å². The molecule has 0 atom stereocenters. The Morgan fingerprint density at radius 3 is 2.14 bits per heavy atom. The smallest absolute Gasteiger partial charge is 0.128 e. The van der Waals surface area contributed by atoms with Crippen LogP contribution in [-0.2, 0) is 6.61 Å². The molecule has 4 rings (SSSR count). The third kappa shape index (κ3) is 7.89. The summed E-state index contributed by atoms with van der Waals surface area (Å²) in [5, 5.41) is 8.71. The second kappa shape index (κ2) is 14.0. The number of nitrogens with zero attached hydrogens (tertiary/aromatic N) is 2. The van der Waals surface area contributed by atoms with Gasteiger partial charge >= 0.3 is 0 Å². The normalized spacial score (nSPS) is 13.4. The van der Waals surface area contributed by atoms with Crippen LogP contribution < -0.4 is 9.47 Å². The Kier molecular flexibility index (Phi) is 11.4. The fourth-order valence-corrected chi connectivity index (χ4v) is 4.16. The van der Waals surface area contributed by atoms with E-state index in [1.807, 2.05) is 42.5 Å². The summed E-state index contributed by atoms with van der Waals surface area (Å²) in [5.74, 6) is 2.36. The fourth-order valence-electron chi connectivity index (χ4n) is 4.16. The second-order valence-electron chi connectivity index (χ2n) is 8.55. The molecule has 1 heterocycles. The molecule has 0 radical (unpaired) electrons. The highest BCUT2D eigenvalue weighted by molar-refractivity contribution is 5.96. The molecule has 1 aliphatic rings. The lowest BCUT2D eigenvalue weighted by atomic mass is 10.1. The van der Waals surface area contributed by atoms with E-state index in [2.05, 4.69) is 54.0 Å². The van der Waals surface area contributed by atoms with Gasteiger partial charge in [0.2, 0.25) is 0 Å². The number of amidine groups is 1. The van der Waals surface area contributed by atoms with Crippen molar-refractivity contribution >= 4 is 30.6 Å². The van der Waals surface area contributed by atoms with Gasteiger partial charge in [0.25, 0.3) is 0 Å². The highest BCUT2D eigenvalue weighted by Gasteiger charge is 2.20. The maximum absolute atomic E-state index is 8.71. The van der Waals surface area contributed by atoms with Gasteiger partial charge in [-0.05, 0) is 42.7 Å². The molecule has 35 heavy (non-hydrogen) atoms. The molecular formula is C28H35Cl2N3O2. The van der Waals surface area contributed by atoms with Crippen LogP contribution in [0.2, 0.25) is 0 Å². The van der Waals surface area contributed by atoms with Gasteiger partial charge in [0, 0.05) is 38.3 Å². The van der Waals surface area contributed by atoms with Gasteiger partial charge in [-0.25, -0.2) is 0 Å². The predicted octanol–water partition coefficient (Wildman–Crippen LogP) is 5.75. The van der Waals surface area contributed by atoms with Gasteiger partial charge in [-0.3, -0.25) is 10.3 Å². The van der Waals surface area contributed by atoms with Crippen molar-refractivity contribution in [2.45, 2.75) is 20.5 Å². The van der Waals surface area contributed by atoms with E-state index in [0.717, 1.165) is 55.3 Å². The number of benzene rings is 3. The summed E-state index contributed by atoms with van der Waals surface area (Å²) in [7, 11) is 0. The Morgan fingerprint density at radius 2 is 1.46 bits per heavy atom. The second-order valence-corrected chi connectivity index (χ2v) is 8.55. The van der Waals surface area contributed by atoms with E-state index in [4.69, 9.17) is 14.9 Å². The average Bonchev–Trinajstić information content (AvgIpc) is 2.85. The van der Waals surface area contributed by atoms with Gasteiger partial charge in [-0.1, -0.05) is 60.7 Å². The molecule has 0 saturated carbocycles. The van der Waals surface area contributed by atoms with Crippen LogP contribution in [-0.4, -0.2) is 55.0 Å². The minimum Gasteiger partial charge on any atom is -0.492 e. The fraction of sp³-hybridized carbons (Fsp3) is 0.321. The lowest BCUT2D eigenvalue weighted by Crippen LogP contribution is -2.49. The maximum Gasteiger partial charge on any atom is 0.128 e. The first-order chi connectivity index (χ1) is 16.1. The van der Waals surface area contributed by atoms with E-state index >= 15 is 0 Å². The molecule has 1 fully saturated rings. The van der Waals surface area contributed by atoms with Crippen molar-refractivity contribution in [2.75, 3.05) is 39.3 Å². The molecule has 7 heteroatoms. The monoisotopic (exact) mass is 515 g/mol. The minimum absolute atomic E-state index is 0. The van der Waals surface area contributed by atoms with Crippen LogP contribution in [0.1, 0.15) is 22.3 Å². The highest BCUT2D eigenvalue weighted by atomic mass is 35.5. The summed E-state index contributed by atoms with van der Waals surface area (Å²) in [4.78, 5) is 4.57. The van der Waals surface area contributed by atoms with Gasteiger partial charge in [0.15, 0.2) is 0 Å². The Balaban J connectivity index is 0.00000216. The standard InChI is InChI=1S/C28H33N3O2.2ClH/c1-22-8-6-9-23(2)27(22)32-19-18-30-14-16-31(17-15-30)28(29)25-12-7-13-26(20-25)33-21-24-10-4-3-5-11-24;;/h3-13,20,29H,14-19,21H2,1-2H3;2*1H. The Bertz CT molecular complexity index is 1050. The molecule has 0 unspecified atom stereocenters. The molecule has 3 aromatic carbocycles. The molecular weight excluding hydrogens is 481 g/mol. The van der Waals surface area contributed by atoms with E-state index in [0.29, 0.717) is 19.0 Å². The maximum atomic E-state index is 8.71. The molecule has 188 valence electrons. The van der Waals surface area contributed by atoms with Gasteiger partial charge in [0.05, 0.1) is 0 Å². The Hall–Kier alpha value is -2.73. The molecule has 5 nitrogen and oxygen atoms in total. The molecule has 0 aromatic heterocycles. The average molecular weight is 517 g/mol. The zero-order chi connectivity index (χ0) is 23.0. The minimum atomic E-state index is 0. The van der Waals surface area contributed by atoms with Crippen molar-refractivity contribution in [3.63, 3.8) is 0 Å². The quantitative estimate of drug-likeness (QED) is 0.306. The number of aryl methyl sites for hydroxylation is 2. The molecule has 0 bridgehead atoms. The van der Waals surface area contributed by atoms with E-state index in [1.165, 1.54) is 11.1 Å². The summed E-state index contributed by atoms with van der Waals surface area (Å²) in [6, 6.07) is 24.3. The van der Waals surface area contributed by atoms with Gasteiger partial charge in [-0.2, -0.15) is 0 Å². The molecule has 1 saturated heterocycles. The number of hydrogen-bond donors (Lipinski definition) is 1. The van der Waals surface area contributed by atoms with Crippen LogP contribution in [0.15, 0.2) is 72.8 Å². The molecule has 3 aromatic rings. The lowest BCUT2D eigenvalue weighted by Gasteiger charge is -2.36. The number of nitrogens with one attached hydrogen (secondary N) is 1. The summed E-state index contributed by atoms with van der Waals surface area (Å²) in [5.41, 5.74) is 4.40. The number of hydrogen-bond acceptors (Lipinski definition) is 4. The molecule has 0 spiro atoms. The summed E-state index contributed by atoms with van der Waals surface area (Å²) < 4.78 is 12.0. The van der Waals surface area contributed by atoms with E-state index in [-0.39, 0.29) is 24.8 Å². The molecule has 1 aliphatic heterocycles. The van der Waals surface area contributed by atoms with Crippen molar-refractivity contribution in [2.24, 2.45) is 0 Å². The third-order valence-corrected chi connectivity index (χ3v) is 6.11. The predicted molar refractivity (Wildman–Crippen MR) is 148 cm³/mol. The van der Waals surface area contributed by atoms with Crippen molar-refractivity contribution in [1.82, 2.24) is 9.80 Å². The van der Waals surface area contributed by atoms with Gasteiger partial charge in [0.1, 0.15) is 30.5 Å². The van der Waals surface area contributed by atoms with Gasteiger partial charge in [-0.15, -0.1) is 24.8 Å². The molecule has 1 N–H and O–H groups in total. The van der Waals surface area contributed by atoms with Crippen LogP contribution in [0.5, 0.6) is 11.5 Å². The van der Waals surface area contributed by atoms with E-state index < -0.39 is 0 Å². The lowest BCUT2D eigenvalue weighted by molar-refractivity contribution is 0.153.